The van der Waals surface area contributed by atoms with Crippen LogP contribution in [0.4, 0.5) is 0 Å². The third kappa shape index (κ3) is 3.80. The number of carboxylic acid groups (broad SMARTS) is 1. The van der Waals surface area contributed by atoms with E-state index in [9.17, 15) is 18.3 Å². The largest absolute Gasteiger partial charge is 0.478 e. The molecule has 2 aromatic carbocycles. The zero-order chi connectivity index (χ0) is 16.5. The van der Waals surface area contributed by atoms with Gasteiger partial charge in [0.15, 0.2) is 9.84 Å². The van der Waals surface area contributed by atoms with Gasteiger partial charge in [-0.3, -0.25) is 0 Å². The second-order valence-corrected chi connectivity index (χ2v) is 7.69. The summed E-state index contributed by atoms with van der Waals surface area (Å²) in [7, 11) is -3.76. The third-order valence-corrected chi connectivity index (χ3v) is 5.12. The van der Waals surface area contributed by atoms with Crippen LogP contribution < -0.4 is 0 Å². The lowest BCUT2D eigenvalue weighted by Gasteiger charge is -2.09. The Kier molecular flexibility index (Phi) is 4.80. The van der Waals surface area contributed by atoms with Gasteiger partial charge in [-0.2, -0.15) is 0 Å². The first-order chi connectivity index (χ1) is 10.2. The van der Waals surface area contributed by atoms with Crippen molar-refractivity contribution in [1.29, 1.82) is 0 Å². The Labute approximate surface area is 138 Å². The topological polar surface area (TPSA) is 71.4 Å². The molecule has 0 saturated carbocycles. The molecule has 1 N–H and O–H groups in total. The van der Waals surface area contributed by atoms with Gasteiger partial charge in [-0.1, -0.05) is 40.9 Å². The van der Waals surface area contributed by atoms with E-state index in [4.69, 9.17) is 23.2 Å². The van der Waals surface area contributed by atoms with E-state index in [2.05, 4.69) is 0 Å². The molecule has 0 saturated heterocycles. The summed E-state index contributed by atoms with van der Waals surface area (Å²) in [5.74, 6) is -1.61. The lowest BCUT2D eigenvalue weighted by molar-refractivity contribution is 0.0696. The van der Waals surface area contributed by atoms with Gasteiger partial charge in [-0.05, 0) is 36.8 Å². The Balaban J connectivity index is 2.47. The van der Waals surface area contributed by atoms with E-state index in [-0.39, 0.29) is 26.1 Å². The minimum atomic E-state index is -3.76. The zero-order valence-corrected chi connectivity index (χ0v) is 13.8. The predicted molar refractivity (Wildman–Crippen MR) is 85.5 cm³/mol. The van der Waals surface area contributed by atoms with Crippen LogP contribution in [0.3, 0.4) is 0 Å². The van der Waals surface area contributed by atoms with Crippen LogP contribution in [0.2, 0.25) is 10.0 Å². The number of benzene rings is 2. The van der Waals surface area contributed by atoms with Crippen molar-refractivity contribution >= 4 is 39.0 Å². The smallest absolute Gasteiger partial charge is 0.336 e. The number of hydrogen-bond donors (Lipinski definition) is 1. The average Bonchev–Trinajstić information content (AvgIpc) is 2.39. The quantitative estimate of drug-likeness (QED) is 0.897. The Bertz CT molecular complexity index is 824. The van der Waals surface area contributed by atoms with Gasteiger partial charge in [0.05, 0.1) is 16.2 Å². The van der Waals surface area contributed by atoms with Crippen molar-refractivity contribution in [2.75, 3.05) is 0 Å². The molecule has 0 aromatic heterocycles. The summed E-state index contributed by atoms with van der Waals surface area (Å²) in [5.41, 5.74) is 0.926. The predicted octanol–water partition coefficient (Wildman–Crippen LogP) is 3.97. The van der Waals surface area contributed by atoms with Crippen molar-refractivity contribution in [3.05, 3.63) is 63.1 Å². The minimum absolute atomic E-state index is 0.0308. The third-order valence-electron chi connectivity index (χ3n) is 3.04. The van der Waals surface area contributed by atoms with Gasteiger partial charge in [-0.15, -0.1) is 0 Å². The minimum Gasteiger partial charge on any atom is -0.478 e. The number of halogens is 2. The molecule has 0 spiro atoms. The Hall–Kier alpha value is -1.56. The van der Waals surface area contributed by atoms with Crippen molar-refractivity contribution in [3.63, 3.8) is 0 Å². The van der Waals surface area contributed by atoms with E-state index < -0.39 is 21.6 Å². The van der Waals surface area contributed by atoms with Crippen LogP contribution in [0.15, 0.2) is 41.3 Å². The molecule has 4 nitrogen and oxygen atoms in total. The fraction of sp³-hybridized carbons (Fsp3) is 0.133. The number of aromatic carboxylic acids is 1. The first kappa shape index (κ1) is 16.8. The van der Waals surface area contributed by atoms with E-state index in [0.717, 1.165) is 5.56 Å². The molecule has 0 heterocycles. The van der Waals surface area contributed by atoms with Crippen LogP contribution in [-0.2, 0) is 15.6 Å². The number of aryl methyl sites for hydroxylation is 1. The highest BCUT2D eigenvalue weighted by Crippen LogP contribution is 2.26. The van der Waals surface area contributed by atoms with E-state index in [1.165, 1.54) is 30.3 Å². The van der Waals surface area contributed by atoms with Crippen LogP contribution in [0, 0.1) is 6.92 Å². The molecule has 0 unspecified atom stereocenters. The van der Waals surface area contributed by atoms with Crippen LogP contribution in [0.25, 0.3) is 0 Å². The number of sulfone groups is 1. The summed E-state index contributed by atoms with van der Waals surface area (Å²) in [5, 5.41) is 9.61. The van der Waals surface area contributed by atoms with Crippen molar-refractivity contribution in [2.24, 2.45) is 0 Å². The monoisotopic (exact) mass is 358 g/mol. The maximum absolute atomic E-state index is 12.5. The fourth-order valence-corrected chi connectivity index (χ4v) is 4.11. The molecular weight excluding hydrogens is 347 g/mol. The maximum atomic E-state index is 12.5. The van der Waals surface area contributed by atoms with Gasteiger partial charge < -0.3 is 5.11 Å². The van der Waals surface area contributed by atoms with Crippen molar-refractivity contribution < 1.29 is 18.3 Å². The van der Waals surface area contributed by atoms with Crippen LogP contribution in [-0.4, -0.2) is 19.5 Å². The van der Waals surface area contributed by atoms with Crippen LogP contribution in [0.1, 0.15) is 21.5 Å². The van der Waals surface area contributed by atoms with E-state index in [0.29, 0.717) is 0 Å². The highest BCUT2D eigenvalue weighted by molar-refractivity contribution is 7.90. The first-order valence-corrected chi connectivity index (χ1v) is 8.61. The summed E-state index contributed by atoms with van der Waals surface area (Å²) in [6, 6.07) is 8.62. The number of carboxylic acids is 1. The molecule has 0 bridgehead atoms. The van der Waals surface area contributed by atoms with Gasteiger partial charge >= 0.3 is 5.97 Å². The van der Waals surface area contributed by atoms with E-state index >= 15 is 0 Å². The molecular formula is C15H12Cl2O4S. The van der Waals surface area contributed by atoms with Crippen LogP contribution in [0.5, 0.6) is 0 Å². The number of rotatable bonds is 4. The van der Waals surface area contributed by atoms with Gasteiger partial charge in [-0.25, -0.2) is 13.2 Å². The van der Waals surface area contributed by atoms with Gasteiger partial charge in [0, 0.05) is 10.0 Å². The molecule has 2 rings (SSSR count). The van der Waals surface area contributed by atoms with Crippen molar-refractivity contribution in [2.45, 2.75) is 17.6 Å². The molecule has 0 aliphatic rings. The SMILES string of the molecule is Cc1ccc(CS(=O)(=O)c2cc(Cl)cc(Cl)c2)c(C(=O)O)c1. The van der Waals surface area contributed by atoms with Crippen molar-refractivity contribution in [3.8, 4) is 0 Å². The molecule has 0 amide bonds. The van der Waals surface area contributed by atoms with Gasteiger partial charge in [0.25, 0.3) is 0 Å². The van der Waals surface area contributed by atoms with Gasteiger partial charge in [0.1, 0.15) is 0 Å². The maximum Gasteiger partial charge on any atom is 0.336 e. The Morgan fingerprint density at radius 1 is 1.09 bits per heavy atom. The summed E-state index contributed by atoms with van der Waals surface area (Å²) in [4.78, 5) is 11.2. The second kappa shape index (κ2) is 6.28. The molecule has 0 atom stereocenters. The number of carbonyl (C=O) groups is 1. The molecule has 0 fully saturated rings. The summed E-state index contributed by atoms with van der Waals surface area (Å²) >= 11 is 11.6. The summed E-state index contributed by atoms with van der Waals surface area (Å²) in [6.45, 7) is 1.74. The fourth-order valence-electron chi connectivity index (χ4n) is 2.01. The normalized spacial score (nSPS) is 11.4. The molecule has 0 aliphatic heterocycles. The van der Waals surface area contributed by atoms with Crippen LogP contribution >= 0.6 is 23.2 Å². The molecule has 2 aromatic rings. The summed E-state index contributed by atoms with van der Waals surface area (Å²) in [6.07, 6.45) is 0. The zero-order valence-electron chi connectivity index (χ0n) is 11.5. The second-order valence-electron chi connectivity index (χ2n) is 4.83. The first-order valence-electron chi connectivity index (χ1n) is 6.21. The van der Waals surface area contributed by atoms with E-state index in [1.807, 2.05) is 0 Å². The molecule has 116 valence electrons. The highest BCUT2D eigenvalue weighted by atomic mass is 35.5. The highest BCUT2D eigenvalue weighted by Gasteiger charge is 2.20. The summed E-state index contributed by atoms with van der Waals surface area (Å²) < 4.78 is 24.9. The average molecular weight is 359 g/mol. The Morgan fingerprint density at radius 3 is 2.23 bits per heavy atom. The van der Waals surface area contributed by atoms with Crippen molar-refractivity contribution in [1.82, 2.24) is 0 Å². The molecule has 7 heteroatoms. The lowest BCUT2D eigenvalue weighted by Crippen LogP contribution is -2.10. The molecule has 0 aliphatic carbocycles. The standard InChI is InChI=1S/C15H12Cl2O4S/c1-9-2-3-10(14(4-9)15(18)19)8-22(20,21)13-6-11(16)5-12(17)7-13/h2-7H,8H2,1H3,(H,18,19). The number of hydrogen-bond acceptors (Lipinski definition) is 3. The van der Waals surface area contributed by atoms with E-state index in [1.54, 1.807) is 13.0 Å². The molecule has 0 radical (unpaired) electrons. The Morgan fingerprint density at radius 2 is 1.68 bits per heavy atom. The molecule has 22 heavy (non-hydrogen) atoms. The van der Waals surface area contributed by atoms with Gasteiger partial charge in [0.2, 0.25) is 0 Å². The lowest BCUT2D eigenvalue weighted by atomic mass is 10.1.